The van der Waals surface area contributed by atoms with Crippen LogP contribution in [0.15, 0.2) is 52.1 Å². The van der Waals surface area contributed by atoms with Crippen molar-refractivity contribution in [3.8, 4) is 6.07 Å². The lowest BCUT2D eigenvalue weighted by atomic mass is 10.1. The molecule has 27 heavy (non-hydrogen) atoms. The van der Waals surface area contributed by atoms with Crippen LogP contribution in [-0.2, 0) is 6.54 Å². The van der Waals surface area contributed by atoms with E-state index < -0.39 is 0 Å². The van der Waals surface area contributed by atoms with Crippen molar-refractivity contribution in [3.63, 3.8) is 0 Å². The Morgan fingerprint density at radius 2 is 2.00 bits per heavy atom. The summed E-state index contributed by atoms with van der Waals surface area (Å²) in [6, 6.07) is 13.0. The van der Waals surface area contributed by atoms with E-state index in [-0.39, 0.29) is 5.91 Å². The molecule has 2 aromatic rings. The van der Waals surface area contributed by atoms with Gasteiger partial charge in [0, 0.05) is 32.7 Å². The molecule has 0 radical (unpaired) electrons. The van der Waals surface area contributed by atoms with Crippen LogP contribution in [0.4, 0.5) is 0 Å². The molecule has 140 valence electrons. The summed E-state index contributed by atoms with van der Waals surface area (Å²) in [6.45, 7) is 5.95. The van der Waals surface area contributed by atoms with E-state index in [4.69, 9.17) is 14.7 Å². The Hall–Kier alpha value is -3.27. The highest BCUT2D eigenvalue weighted by molar-refractivity contribution is 5.91. The van der Waals surface area contributed by atoms with E-state index in [9.17, 15) is 4.79 Å². The summed E-state index contributed by atoms with van der Waals surface area (Å²) in [5.41, 5.74) is 1.63. The van der Waals surface area contributed by atoms with E-state index in [2.05, 4.69) is 16.3 Å². The van der Waals surface area contributed by atoms with Crippen molar-refractivity contribution in [2.75, 3.05) is 32.7 Å². The molecule has 7 nitrogen and oxygen atoms in total. The Kier molecular flexibility index (Phi) is 6.10. The van der Waals surface area contributed by atoms with Crippen LogP contribution in [0.25, 0.3) is 0 Å². The van der Waals surface area contributed by atoms with Crippen molar-refractivity contribution in [2.24, 2.45) is 4.99 Å². The third-order valence-corrected chi connectivity index (χ3v) is 4.40. The van der Waals surface area contributed by atoms with Gasteiger partial charge in [0.05, 0.1) is 24.4 Å². The molecule has 2 heterocycles. The van der Waals surface area contributed by atoms with Crippen LogP contribution in [0, 0.1) is 11.3 Å². The monoisotopic (exact) mass is 365 g/mol. The first-order valence-electron chi connectivity index (χ1n) is 9.06. The van der Waals surface area contributed by atoms with Gasteiger partial charge in [0.15, 0.2) is 11.7 Å². The molecule has 0 bridgehead atoms. The smallest absolute Gasteiger partial charge is 0.289 e. The Balaban J connectivity index is 1.62. The highest BCUT2D eigenvalue weighted by Gasteiger charge is 2.25. The number of piperazine rings is 1. The second-order valence-electron chi connectivity index (χ2n) is 6.24. The zero-order valence-corrected chi connectivity index (χ0v) is 15.4. The fourth-order valence-corrected chi connectivity index (χ4v) is 3.01. The zero-order valence-electron chi connectivity index (χ0n) is 15.4. The van der Waals surface area contributed by atoms with Gasteiger partial charge in [-0.25, -0.2) is 4.99 Å². The minimum atomic E-state index is -0.0742. The standard InChI is InChI=1S/C20H23N5O2/c1-2-22-20(23-15-17-6-3-5-16(13-17)14-21)25-10-8-24(9-11-25)19(26)18-7-4-12-27-18/h3-7,12-13H,2,8-11,15H2,1H3,(H,22,23). The van der Waals surface area contributed by atoms with Crippen LogP contribution in [0.3, 0.4) is 0 Å². The molecular formula is C20H23N5O2. The summed E-state index contributed by atoms with van der Waals surface area (Å²) >= 11 is 0. The minimum Gasteiger partial charge on any atom is -0.459 e. The second-order valence-corrected chi connectivity index (χ2v) is 6.24. The number of benzene rings is 1. The Labute approximate surface area is 158 Å². The number of nitrogens with zero attached hydrogens (tertiary/aromatic N) is 4. The predicted molar refractivity (Wildman–Crippen MR) is 102 cm³/mol. The molecule has 0 saturated carbocycles. The Bertz CT molecular complexity index is 830. The normalized spacial score (nSPS) is 14.7. The number of aliphatic imine (C=N–C) groups is 1. The van der Waals surface area contributed by atoms with Gasteiger partial charge in [-0.15, -0.1) is 0 Å². The van der Waals surface area contributed by atoms with Crippen molar-refractivity contribution < 1.29 is 9.21 Å². The number of carbonyl (C=O) groups excluding carboxylic acids is 1. The average Bonchev–Trinajstić information content (AvgIpc) is 3.26. The fraction of sp³-hybridized carbons (Fsp3) is 0.350. The molecule has 0 atom stereocenters. The number of hydrogen-bond donors (Lipinski definition) is 1. The molecular weight excluding hydrogens is 342 g/mol. The molecule has 1 aromatic carbocycles. The molecule has 0 aliphatic carbocycles. The number of guanidine groups is 1. The lowest BCUT2D eigenvalue weighted by molar-refractivity contribution is 0.0657. The minimum absolute atomic E-state index is 0.0742. The van der Waals surface area contributed by atoms with Gasteiger partial charge < -0.3 is 19.5 Å². The van der Waals surface area contributed by atoms with Gasteiger partial charge in [-0.1, -0.05) is 12.1 Å². The van der Waals surface area contributed by atoms with E-state index >= 15 is 0 Å². The molecule has 1 aliphatic heterocycles. The zero-order chi connectivity index (χ0) is 19.1. The maximum absolute atomic E-state index is 12.4. The summed E-state index contributed by atoms with van der Waals surface area (Å²) in [5.74, 6) is 1.13. The van der Waals surface area contributed by atoms with Gasteiger partial charge in [0.2, 0.25) is 0 Å². The number of carbonyl (C=O) groups is 1. The molecule has 1 aliphatic rings. The van der Waals surface area contributed by atoms with Gasteiger partial charge in [0.1, 0.15) is 0 Å². The molecule has 0 unspecified atom stereocenters. The SMILES string of the molecule is CCNC(=NCc1cccc(C#N)c1)N1CCN(C(=O)c2ccco2)CC1. The predicted octanol–water partition coefficient (Wildman–Crippen LogP) is 2.07. The maximum atomic E-state index is 12.4. The van der Waals surface area contributed by atoms with E-state index in [1.54, 1.807) is 23.1 Å². The van der Waals surface area contributed by atoms with Crippen LogP contribution in [0.1, 0.15) is 28.6 Å². The van der Waals surface area contributed by atoms with Crippen LogP contribution in [-0.4, -0.2) is 54.4 Å². The van der Waals surface area contributed by atoms with Gasteiger partial charge in [-0.05, 0) is 36.8 Å². The van der Waals surface area contributed by atoms with Crippen LogP contribution >= 0.6 is 0 Å². The number of nitriles is 1. The number of hydrogen-bond acceptors (Lipinski definition) is 4. The Morgan fingerprint density at radius 3 is 2.67 bits per heavy atom. The average molecular weight is 365 g/mol. The maximum Gasteiger partial charge on any atom is 0.289 e. The molecule has 1 N–H and O–H groups in total. The summed E-state index contributed by atoms with van der Waals surface area (Å²) in [6.07, 6.45) is 1.51. The first kappa shape index (κ1) is 18.5. The molecule has 1 fully saturated rings. The van der Waals surface area contributed by atoms with Gasteiger partial charge in [0.25, 0.3) is 5.91 Å². The molecule has 7 heteroatoms. The Morgan fingerprint density at radius 1 is 1.22 bits per heavy atom. The molecule has 1 saturated heterocycles. The van der Waals surface area contributed by atoms with Crippen LogP contribution in [0.5, 0.6) is 0 Å². The van der Waals surface area contributed by atoms with Crippen LogP contribution in [0.2, 0.25) is 0 Å². The summed E-state index contributed by atoms with van der Waals surface area (Å²) in [5, 5.41) is 12.3. The van der Waals surface area contributed by atoms with Crippen molar-refractivity contribution in [2.45, 2.75) is 13.5 Å². The summed E-state index contributed by atoms with van der Waals surface area (Å²) in [4.78, 5) is 21.0. The highest BCUT2D eigenvalue weighted by atomic mass is 16.3. The second kappa shape index (κ2) is 8.90. The molecule has 1 amide bonds. The van der Waals surface area contributed by atoms with Gasteiger partial charge in [-0.2, -0.15) is 5.26 Å². The summed E-state index contributed by atoms with van der Waals surface area (Å²) in [7, 11) is 0. The first-order chi connectivity index (χ1) is 13.2. The van der Waals surface area contributed by atoms with Gasteiger partial charge in [-0.3, -0.25) is 4.79 Å². The molecule has 0 spiro atoms. The third kappa shape index (κ3) is 4.67. The van der Waals surface area contributed by atoms with Crippen molar-refractivity contribution >= 4 is 11.9 Å². The van der Waals surface area contributed by atoms with E-state index in [0.29, 0.717) is 44.0 Å². The van der Waals surface area contributed by atoms with E-state index in [1.807, 2.05) is 25.1 Å². The first-order valence-corrected chi connectivity index (χ1v) is 9.06. The largest absolute Gasteiger partial charge is 0.459 e. The number of nitrogens with one attached hydrogen (secondary N) is 1. The van der Waals surface area contributed by atoms with E-state index in [0.717, 1.165) is 18.1 Å². The van der Waals surface area contributed by atoms with Gasteiger partial charge >= 0.3 is 0 Å². The van der Waals surface area contributed by atoms with Crippen molar-refractivity contribution in [3.05, 3.63) is 59.5 Å². The highest BCUT2D eigenvalue weighted by Crippen LogP contribution is 2.11. The van der Waals surface area contributed by atoms with Crippen LogP contribution < -0.4 is 5.32 Å². The topological polar surface area (TPSA) is 84.9 Å². The lowest BCUT2D eigenvalue weighted by Crippen LogP contribution is -2.53. The lowest BCUT2D eigenvalue weighted by Gasteiger charge is -2.36. The number of furan rings is 1. The van der Waals surface area contributed by atoms with E-state index in [1.165, 1.54) is 6.26 Å². The number of amides is 1. The molecule has 3 rings (SSSR count). The molecule has 1 aromatic heterocycles. The quantitative estimate of drug-likeness (QED) is 0.662. The fourth-order valence-electron chi connectivity index (χ4n) is 3.01. The third-order valence-electron chi connectivity index (χ3n) is 4.40. The number of rotatable bonds is 4. The van der Waals surface area contributed by atoms with Crippen molar-refractivity contribution in [1.82, 2.24) is 15.1 Å². The summed E-state index contributed by atoms with van der Waals surface area (Å²) < 4.78 is 5.20. The van der Waals surface area contributed by atoms with Crippen molar-refractivity contribution in [1.29, 1.82) is 5.26 Å².